The summed E-state index contributed by atoms with van der Waals surface area (Å²) in [5, 5.41) is 0. The van der Waals surface area contributed by atoms with Gasteiger partial charge < -0.3 is 20.3 Å². The summed E-state index contributed by atoms with van der Waals surface area (Å²) in [4.78, 5) is 16.4. The Labute approximate surface area is 122 Å². The molecule has 0 bridgehead atoms. The van der Waals surface area contributed by atoms with Gasteiger partial charge in [0.05, 0.1) is 0 Å². The number of likely N-dealkylation sites (tertiary alicyclic amines) is 2. The zero-order valence-corrected chi connectivity index (χ0v) is 13.3. The van der Waals surface area contributed by atoms with Crippen LogP contribution in [0.3, 0.4) is 0 Å². The molecule has 0 radical (unpaired) electrons. The first-order valence-corrected chi connectivity index (χ1v) is 7.70. The lowest BCUT2D eigenvalue weighted by Crippen LogP contribution is -2.47. The quantitative estimate of drug-likeness (QED) is 0.795. The molecule has 5 heteroatoms. The van der Waals surface area contributed by atoms with Crippen LogP contribution in [0.4, 0.5) is 4.79 Å². The van der Waals surface area contributed by atoms with E-state index in [2.05, 4.69) is 11.9 Å². The van der Waals surface area contributed by atoms with Gasteiger partial charge in [-0.3, -0.25) is 0 Å². The summed E-state index contributed by atoms with van der Waals surface area (Å²) in [6.45, 7) is 8.32. The number of carbonyl (C=O) groups excluding carboxylic acids is 1. The summed E-state index contributed by atoms with van der Waals surface area (Å²) in [5.41, 5.74) is 5.63. The number of piperidine rings is 1. The van der Waals surface area contributed by atoms with Crippen LogP contribution in [-0.2, 0) is 4.74 Å². The Morgan fingerprint density at radius 1 is 1.30 bits per heavy atom. The first-order chi connectivity index (χ1) is 9.26. The van der Waals surface area contributed by atoms with Crippen LogP contribution < -0.4 is 5.73 Å². The average Bonchev–Trinajstić information content (AvgIpc) is 2.66. The Morgan fingerprint density at radius 2 is 2.00 bits per heavy atom. The molecule has 3 atom stereocenters. The van der Waals surface area contributed by atoms with Gasteiger partial charge in [0, 0.05) is 31.7 Å². The molecule has 0 saturated carbocycles. The Bertz CT molecular complexity index is 354. The molecule has 20 heavy (non-hydrogen) atoms. The van der Waals surface area contributed by atoms with Crippen molar-refractivity contribution in [2.45, 2.75) is 57.7 Å². The van der Waals surface area contributed by atoms with E-state index in [0.29, 0.717) is 12.0 Å². The van der Waals surface area contributed by atoms with E-state index >= 15 is 0 Å². The molecular formula is C15H29N3O2. The number of likely N-dealkylation sites (N-methyl/N-ethyl adjacent to an activating group) is 1. The summed E-state index contributed by atoms with van der Waals surface area (Å²) in [6.07, 6.45) is 3.11. The number of amides is 1. The van der Waals surface area contributed by atoms with Crippen molar-refractivity contribution in [3.8, 4) is 0 Å². The zero-order chi connectivity index (χ0) is 14.9. The SMILES string of the molecule is CN1CC(N)CC1[C@@H]1CCCN(C(=O)OC(C)(C)C)C1. The third-order valence-electron chi connectivity index (χ3n) is 4.29. The third-order valence-corrected chi connectivity index (χ3v) is 4.29. The highest BCUT2D eigenvalue weighted by Crippen LogP contribution is 2.29. The van der Waals surface area contributed by atoms with Crippen molar-refractivity contribution in [1.82, 2.24) is 9.80 Å². The molecule has 1 amide bonds. The predicted octanol–water partition coefficient (Wildman–Crippen LogP) is 1.66. The fourth-order valence-electron chi connectivity index (χ4n) is 3.44. The van der Waals surface area contributed by atoms with E-state index in [1.54, 1.807) is 0 Å². The monoisotopic (exact) mass is 283 g/mol. The lowest BCUT2D eigenvalue weighted by molar-refractivity contribution is 0.0119. The summed E-state index contributed by atoms with van der Waals surface area (Å²) in [5.74, 6) is 0.523. The second kappa shape index (κ2) is 5.90. The fourth-order valence-corrected chi connectivity index (χ4v) is 3.44. The van der Waals surface area contributed by atoms with Crippen LogP contribution in [0, 0.1) is 5.92 Å². The number of nitrogens with zero attached hydrogens (tertiary/aromatic N) is 2. The van der Waals surface area contributed by atoms with Crippen molar-refractivity contribution >= 4 is 6.09 Å². The minimum Gasteiger partial charge on any atom is -0.444 e. The van der Waals surface area contributed by atoms with E-state index in [1.807, 2.05) is 25.7 Å². The highest BCUT2D eigenvalue weighted by Gasteiger charge is 2.37. The summed E-state index contributed by atoms with van der Waals surface area (Å²) in [7, 11) is 2.14. The lowest BCUT2D eigenvalue weighted by Gasteiger charge is -2.38. The van der Waals surface area contributed by atoms with Gasteiger partial charge in [0.2, 0.25) is 0 Å². The number of hydrogen-bond donors (Lipinski definition) is 1. The van der Waals surface area contributed by atoms with Crippen molar-refractivity contribution in [3.63, 3.8) is 0 Å². The van der Waals surface area contributed by atoms with Gasteiger partial charge in [0.25, 0.3) is 0 Å². The molecule has 5 nitrogen and oxygen atoms in total. The number of hydrogen-bond acceptors (Lipinski definition) is 4. The Balaban J connectivity index is 1.93. The van der Waals surface area contributed by atoms with E-state index in [-0.39, 0.29) is 12.1 Å². The van der Waals surface area contributed by atoms with Crippen molar-refractivity contribution in [3.05, 3.63) is 0 Å². The molecule has 2 aliphatic rings. The van der Waals surface area contributed by atoms with E-state index in [4.69, 9.17) is 10.5 Å². The van der Waals surface area contributed by atoms with Gasteiger partial charge in [-0.05, 0) is 53.0 Å². The van der Waals surface area contributed by atoms with Crippen molar-refractivity contribution in [2.75, 3.05) is 26.7 Å². The standard InChI is InChI=1S/C15H29N3O2/c1-15(2,3)20-14(19)18-7-5-6-11(9-18)13-8-12(16)10-17(13)4/h11-13H,5-10,16H2,1-4H3/t11-,12?,13?/m1/s1. The number of nitrogens with two attached hydrogens (primary N) is 1. The Morgan fingerprint density at radius 3 is 2.55 bits per heavy atom. The molecule has 0 aromatic rings. The van der Waals surface area contributed by atoms with Gasteiger partial charge >= 0.3 is 6.09 Å². The maximum absolute atomic E-state index is 12.2. The van der Waals surface area contributed by atoms with Crippen LogP contribution in [0.15, 0.2) is 0 Å². The number of rotatable bonds is 1. The lowest BCUT2D eigenvalue weighted by atomic mass is 9.89. The molecule has 2 N–H and O–H groups in total. The van der Waals surface area contributed by atoms with Gasteiger partial charge in [-0.25, -0.2) is 4.79 Å². The zero-order valence-electron chi connectivity index (χ0n) is 13.3. The average molecular weight is 283 g/mol. The topological polar surface area (TPSA) is 58.8 Å². The van der Waals surface area contributed by atoms with Gasteiger partial charge in [0.1, 0.15) is 5.60 Å². The van der Waals surface area contributed by atoms with Gasteiger partial charge in [-0.1, -0.05) is 0 Å². The maximum Gasteiger partial charge on any atom is 0.410 e. The molecule has 116 valence electrons. The van der Waals surface area contributed by atoms with Crippen LogP contribution in [0.1, 0.15) is 40.0 Å². The van der Waals surface area contributed by atoms with Crippen molar-refractivity contribution in [1.29, 1.82) is 0 Å². The van der Waals surface area contributed by atoms with E-state index in [9.17, 15) is 4.79 Å². The molecule has 0 spiro atoms. The minimum atomic E-state index is -0.420. The predicted molar refractivity (Wildman–Crippen MR) is 79.5 cm³/mol. The molecule has 2 fully saturated rings. The second-order valence-electron chi connectivity index (χ2n) is 7.33. The van der Waals surface area contributed by atoms with Crippen LogP contribution in [0.2, 0.25) is 0 Å². The van der Waals surface area contributed by atoms with E-state index in [0.717, 1.165) is 32.5 Å². The van der Waals surface area contributed by atoms with Crippen molar-refractivity contribution < 1.29 is 9.53 Å². The van der Waals surface area contributed by atoms with Crippen LogP contribution in [-0.4, -0.2) is 60.3 Å². The van der Waals surface area contributed by atoms with Gasteiger partial charge in [-0.15, -0.1) is 0 Å². The molecule has 2 rings (SSSR count). The highest BCUT2D eigenvalue weighted by atomic mass is 16.6. The molecule has 2 heterocycles. The van der Waals surface area contributed by atoms with Crippen molar-refractivity contribution in [2.24, 2.45) is 11.7 Å². The smallest absolute Gasteiger partial charge is 0.410 e. The highest BCUT2D eigenvalue weighted by molar-refractivity contribution is 5.68. The summed E-state index contributed by atoms with van der Waals surface area (Å²) in [6, 6.07) is 0.789. The van der Waals surface area contributed by atoms with Crippen LogP contribution >= 0.6 is 0 Å². The first-order valence-electron chi connectivity index (χ1n) is 7.70. The number of carbonyl (C=O) groups is 1. The Hall–Kier alpha value is -0.810. The molecule has 2 unspecified atom stereocenters. The molecule has 0 aliphatic carbocycles. The largest absolute Gasteiger partial charge is 0.444 e. The third kappa shape index (κ3) is 3.85. The van der Waals surface area contributed by atoms with Gasteiger partial charge in [0.15, 0.2) is 0 Å². The normalized spacial score (nSPS) is 32.5. The minimum absolute atomic E-state index is 0.174. The molecule has 2 saturated heterocycles. The first kappa shape index (κ1) is 15.6. The molecule has 0 aromatic heterocycles. The number of ether oxygens (including phenoxy) is 1. The summed E-state index contributed by atoms with van der Waals surface area (Å²) >= 11 is 0. The van der Waals surface area contributed by atoms with Gasteiger partial charge in [-0.2, -0.15) is 0 Å². The molecule has 2 aliphatic heterocycles. The molecule has 0 aromatic carbocycles. The van der Waals surface area contributed by atoms with Crippen LogP contribution in [0.5, 0.6) is 0 Å². The van der Waals surface area contributed by atoms with E-state index < -0.39 is 5.60 Å². The van der Waals surface area contributed by atoms with E-state index in [1.165, 1.54) is 6.42 Å². The van der Waals surface area contributed by atoms with Crippen LogP contribution in [0.25, 0.3) is 0 Å². The maximum atomic E-state index is 12.2. The summed E-state index contributed by atoms with van der Waals surface area (Å²) < 4.78 is 5.48. The second-order valence-corrected chi connectivity index (χ2v) is 7.33. The molecular weight excluding hydrogens is 254 g/mol. The fraction of sp³-hybridized carbons (Fsp3) is 0.933. The Kier molecular flexibility index (Phi) is 4.59.